The fraction of sp³-hybridized carbons (Fsp3) is 0.154. The van der Waals surface area contributed by atoms with E-state index in [1.165, 1.54) is 0 Å². The highest BCUT2D eigenvalue weighted by Crippen LogP contribution is 2.25. The Kier molecular flexibility index (Phi) is 5.94. The van der Waals surface area contributed by atoms with E-state index in [0.29, 0.717) is 11.4 Å². The van der Waals surface area contributed by atoms with Gasteiger partial charge in [-0.2, -0.15) is 0 Å². The zero-order valence-corrected chi connectivity index (χ0v) is 18.2. The Hall–Kier alpha value is -4.06. The summed E-state index contributed by atoms with van der Waals surface area (Å²) in [6.45, 7) is 5.59. The fourth-order valence-corrected chi connectivity index (χ4v) is 3.39. The van der Waals surface area contributed by atoms with Gasteiger partial charge in [0.05, 0.1) is 5.69 Å². The molecule has 0 saturated heterocycles. The summed E-state index contributed by atoms with van der Waals surface area (Å²) < 4.78 is 6.89. The molecule has 6 heteroatoms. The van der Waals surface area contributed by atoms with Crippen molar-refractivity contribution in [1.82, 2.24) is 14.8 Å². The topological polar surface area (TPSA) is 74.1 Å². The molecule has 0 aliphatic heterocycles. The zero-order valence-electron chi connectivity index (χ0n) is 18.2. The molecule has 0 radical (unpaired) electrons. The molecule has 1 heterocycles. The van der Waals surface area contributed by atoms with E-state index in [-0.39, 0.29) is 18.2 Å². The number of benzene rings is 3. The first-order chi connectivity index (χ1) is 15.4. The number of nitrogens with zero attached hydrogens (tertiary/aromatic N) is 3. The molecule has 0 bridgehead atoms. The van der Waals surface area contributed by atoms with Gasteiger partial charge in [0.2, 0.25) is 0 Å². The van der Waals surface area contributed by atoms with Crippen LogP contribution in [0.15, 0.2) is 72.8 Å². The highest BCUT2D eigenvalue weighted by molar-refractivity contribution is 5.98. The number of esters is 1. The average molecular weight is 425 g/mol. The first kappa shape index (κ1) is 21.2. The normalized spacial score (nSPS) is 10.7. The number of carbonyl (C=O) groups excluding carboxylic acids is 2. The molecule has 3 aromatic carbocycles. The molecule has 0 atom stereocenters. The van der Waals surface area contributed by atoms with Crippen LogP contribution in [-0.2, 0) is 4.74 Å². The zero-order chi connectivity index (χ0) is 22.7. The number of ether oxygens (including phenoxy) is 1. The van der Waals surface area contributed by atoms with Crippen molar-refractivity contribution >= 4 is 11.8 Å². The SMILES string of the molecule is Cc1cccc(-c2nc(C(=O)OCC(=O)c3ccccc3)nn2-c2cc(C)ccc2C)c1. The minimum atomic E-state index is -0.743. The lowest BCUT2D eigenvalue weighted by Crippen LogP contribution is -2.15. The van der Waals surface area contributed by atoms with Crippen molar-refractivity contribution in [2.75, 3.05) is 6.61 Å². The lowest BCUT2D eigenvalue weighted by molar-refractivity contribution is 0.0462. The van der Waals surface area contributed by atoms with E-state index in [1.807, 2.05) is 69.3 Å². The number of hydrogen-bond donors (Lipinski definition) is 0. The Balaban J connectivity index is 1.68. The molecule has 0 saturated carbocycles. The van der Waals surface area contributed by atoms with Crippen molar-refractivity contribution in [1.29, 1.82) is 0 Å². The number of rotatable bonds is 6. The lowest BCUT2D eigenvalue weighted by atomic mass is 10.1. The summed E-state index contributed by atoms with van der Waals surface area (Å²) in [5, 5.41) is 4.46. The molecule has 0 N–H and O–H groups in total. The standard InChI is InChI=1S/C26H23N3O3/c1-17-8-7-11-21(14-17)25-27-24(28-29(25)22-15-18(2)12-13-19(22)3)26(31)32-16-23(30)20-9-5-4-6-10-20/h4-15H,16H2,1-3H3. The van der Waals surface area contributed by atoms with Crippen molar-refractivity contribution < 1.29 is 14.3 Å². The van der Waals surface area contributed by atoms with E-state index in [1.54, 1.807) is 28.9 Å². The van der Waals surface area contributed by atoms with E-state index < -0.39 is 5.97 Å². The monoisotopic (exact) mass is 425 g/mol. The van der Waals surface area contributed by atoms with Gasteiger partial charge in [0, 0.05) is 11.1 Å². The average Bonchev–Trinajstić information content (AvgIpc) is 3.25. The molecule has 0 aliphatic rings. The van der Waals surface area contributed by atoms with Gasteiger partial charge in [0.1, 0.15) is 0 Å². The van der Waals surface area contributed by atoms with Crippen LogP contribution in [0.5, 0.6) is 0 Å². The van der Waals surface area contributed by atoms with Gasteiger partial charge in [-0.25, -0.2) is 14.5 Å². The first-order valence-corrected chi connectivity index (χ1v) is 10.3. The van der Waals surface area contributed by atoms with Gasteiger partial charge in [-0.1, -0.05) is 66.2 Å². The molecular formula is C26H23N3O3. The maximum Gasteiger partial charge on any atom is 0.378 e. The number of aryl methyl sites for hydroxylation is 3. The molecule has 0 unspecified atom stereocenters. The van der Waals surface area contributed by atoms with E-state index in [0.717, 1.165) is 27.9 Å². The van der Waals surface area contributed by atoms with Crippen molar-refractivity contribution in [2.45, 2.75) is 20.8 Å². The van der Waals surface area contributed by atoms with E-state index in [4.69, 9.17) is 4.74 Å². The second kappa shape index (κ2) is 8.98. The van der Waals surface area contributed by atoms with Gasteiger partial charge in [0.15, 0.2) is 18.2 Å². The van der Waals surface area contributed by atoms with Crippen LogP contribution in [-0.4, -0.2) is 33.1 Å². The van der Waals surface area contributed by atoms with Crippen molar-refractivity contribution in [3.05, 3.63) is 101 Å². The van der Waals surface area contributed by atoms with Crippen LogP contribution in [0.1, 0.15) is 37.7 Å². The largest absolute Gasteiger partial charge is 0.451 e. The summed E-state index contributed by atoms with van der Waals surface area (Å²) in [7, 11) is 0. The van der Waals surface area contributed by atoms with Gasteiger partial charge in [-0.15, -0.1) is 5.10 Å². The summed E-state index contributed by atoms with van der Waals surface area (Å²) in [5.41, 5.74) is 5.26. The molecule has 32 heavy (non-hydrogen) atoms. The Morgan fingerprint density at radius 2 is 1.62 bits per heavy atom. The Labute approximate surface area is 186 Å². The van der Waals surface area contributed by atoms with Crippen molar-refractivity contribution in [3.8, 4) is 17.1 Å². The third-order valence-corrected chi connectivity index (χ3v) is 5.09. The molecule has 0 aliphatic carbocycles. The van der Waals surface area contributed by atoms with Crippen LogP contribution >= 0.6 is 0 Å². The van der Waals surface area contributed by atoms with Crippen LogP contribution in [0.3, 0.4) is 0 Å². The van der Waals surface area contributed by atoms with Gasteiger partial charge < -0.3 is 4.74 Å². The maximum absolute atomic E-state index is 12.7. The van der Waals surface area contributed by atoms with Crippen molar-refractivity contribution in [3.63, 3.8) is 0 Å². The second-order valence-electron chi connectivity index (χ2n) is 7.70. The van der Waals surface area contributed by atoms with E-state index >= 15 is 0 Å². The van der Waals surface area contributed by atoms with Crippen LogP contribution in [0.2, 0.25) is 0 Å². The molecule has 1 aromatic heterocycles. The van der Waals surface area contributed by atoms with Crippen LogP contribution in [0.25, 0.3) is 17.1 Å². The minimum Gasteiger partial charge on any atom is -0.451 e. The Morgan fingerprint density at radius 1 is 0.875 bits per heavy atom. The number of ketones is 1. The summed E-state index contributed by atoms with van der Waals surface area (Å²) >= 11 is 0. The third kappa shape index (κ3) is 4.49. The number of carbonyl (C=O) groups is 2. The molecule has 4 rings (SSSR count). The van der Waals surface area contributed by atoms with Crippen molar-refractivity contribution in [2.24, 2.45) is 0 Å². The Morgan fingerprint density at radius 3 is 2.38 bits per heavy atom. The summed E-state index contributed by atoms with van der Waals surface area (Å²) in [4.78, 5) is 29.5. The van der Waals surface area contributed by atoms with Crippen LogP contribution in [0, 0.1) is 20.8 Å². The molecule has 160 valence electrons. The van der Waals surface area contributed by atoms with Gasteiger partial charge in [-0.3, -0.25) is 4.79 Å². The summed E-state index contributed by atoms with van der Waals surface area (Å²) in [5.74, 6) is -0.592. The number of aromatic nitrogens is 3. The molecular weight excluding hydrogens is 402 g/mol. The molecule has 0 amide bonds. The molecule has 0 fully saturated rings. The third-order valence-electron chi connectivity index (χ3n) is 5.09. The fourth-order valence-electron chi connectivity index (χ4n) is 3.39. The minimum absolute atomic E-state index is 0.0942. The number of Topliss-reactive ketones (excluding diaryl/α,β-unsaturated/α-hetero) is 1. The smallest absolute Gasteiger partial charge is 0.378 e. The highest BCUT2D eigenvalue weighted by atomic mass is 16.5. The molecule has 0 spiro atoms. The van der Waals surface area contributed by atoms with E-state index in [9.17, 15) is 9.59 Å². The predicted octanol–water partition coefficient (Wildman–Crippen LogP) is 4.90. The maximum atomic E-state index is 12.7. The quantitative estimate of drug-likeness (QED) is 0.324. The van der Waals surface area contributed by atoms with Gasteiger partial charge in [-0.05, 0) is 44.0 Å². The first-order valence-electron chi connectivity index (χ1n) is 10.3. The number of hydrogen-bond acceptors (Lipinski definition) is 5. The molecule has 4 aromatic rings. The van der Waals surface area contributed by atoms with E-state index in [2.05, 4.69) is 10.1 Å². The summed E-state index contributed by atoms with van der Waals surface area (Å²) in [6.07, 6.45) is 0. The predicted molar refractivity (Wildman–Crippen MR) is 122 cm³/mol. The van der Waals surface area contributed by atoms with Crippen LogP contribution < -0.4 is 0 Å². The van der Waals surface area contributed by atoms with Crippen LogP contribution in [0.4, 0.5) is 0 Å². The molecule has 6 nitrogen and oxygen atoms in total. The Bertz CT molecular complexity index is 1290. The highest BCUT2D eigenvalue weighted by Gasteiger charge is 2.22. The second-order valence-corrected chi connectivity index (χ2v) is 7.70. The summed E-state index contributed by atoms with van der Waals surface area (Å²) in [6, 6.07) is 22.6. The lowest BCUT2D eigenvalue weighted by Gasteiger charge is -2.10. The van der Waals surface area contributed by atoms with Gasteiger partial charge in [0.25, 0.3) is 5.82 Å². The van der Waals surface area contributed by atoms with Gasteiger partial charge >= 0.3 is 5.97 Å².